The molecule has 0 fully saturated rings. The van der Waals surface area contributed by atoms with Crippen molar-refractivity contribution in [1.82, 2.24) is 14.7 Å². The van der Waals surface area contributed by atoms with Gasteiger partial charge in [0.25, 0.3) is 0 Å². The molecule has 8 nitrogen and oxygen atoms in total. The molecular weight excluding hydrogens is 420 g/mol. The molecule has 1 heterocycles. The fourth-order valence-electron chi connectivity index (χ4n) is 3.28. The highest BCUT2D eigenvalue weighted by Crippen LogP contribution is 2.15. The van der Waals surface area contributed by atoms with Gasteiger partial charge in [0.05, 0.1) is 12.8 Å². The molecule has 0 saturated heterocycles. The molecule has 1 aliphatic heterocycles. The maximum atomic E-state index is 12.6. The number of methoxy groups -OCH3 is 1. The van der Waals surface area contributed by atoms with E-state index in [2.05, 4.69) is 47.8 Å². The van der Waals surface area contributed by atoms with E-state index in [0.29, 0.717) is 38.3 Å². The summed E-state index contributed by atoms with van der Waals surface area (Å²) in [6.07, 6.45) is 6.27. The Morgan fingerprint density at radius 1 is 1.12 bits per heavy atom. The number of carbonyl (C=O) groups excluding carboxylic acids is 2. The summed E-state index contributed by atoms with van der Waals surface area (Å²) in [5, 5.41) is 0. The third kappa shape index (κ3) is 11.5. The third-order valence-corrected chi connectivity index (χ3v) is 5.35. The fourth-order valence-corrected chi connectivity index (χ4v) is 3.28. The van der Waals surface area contributed by atoms with Crippen molar-refractivity contribution in [3.63, 3.8) is 0 Å². The number of likely N-dealkylation sites (N-methyl/N-ethyl adjacent to an activating group) is 2. The summed E-state index contributed by atoms with van der Waals surface area (Å²) in [6.45, 7) is 16.9. The van der Waals surface area contributed by atoms with Crippen molar-refractivity contribution >= 4 is 17.8 Å². The number of carbonyl (C=O) groups is 2. The quantitative estimate of drug-likeness (QED) is 0.344. The Bertz CT molecular complexity index is 724. The van der Waals surface area contributed by atoms with Crippen molar-refractivity contribution in [3.05, 3.63) is 23.9 Å². The zero-order valence-corrected chi connectivity index (χ0v) is 21.9. The number of amides is 1. The van der Waals surface area contributed by atoms with Crippen molar-refractivity contribution in [1.29, 1.82) is 0 Å². The third-order valence-electron chi connectivity index (χ3n) is 5.35. The van der Waals surface area contributed by atoms with Gasteiger partial charge in [-0.3, -0.25) is 4.90 Å². The summed E-state index contributed by atoms with van der Waals surface area (Å²) < 4.78 is 10.5. The Hall–Kier alpha value is -2.19. The monoisotopic (exact) mass is 464 g/mol. The van der Waals surface area contributed by atoms with Crippen molar-refractivity contribution < 1.29 is 19.1 Å². The lowest BCUT2D eigenvalue weighted by Crippen LogP contribution is -2.43. The van der Waals surface area contributed by atoms with Gasteiger partial charge in [-0.2, -0.15) is 0 Å². The molecule has 8 heteroatoms. The summed E-state index contributed by atoms with van der Waals surface area (Å²) >= 11 is 0. The summed E-state index contributed by atoms with van der Waals surface area (Å²) in [4.78, 5) is 35.6. The minimum Gasteiger partial charge on any atom is -0.465 e. The average molecular weight is 465 g/mol. The first kappa shape index (κ1) is 28.8. The number of rotatable bonds is 11. The van der Waals surface area contributed by atoms with Crippen LogP contribution in [0, 0.1) is 5.92 Å². The van der Waals surface area contributed by atoms with Crippen LogP contribution in [0.4, 0.5) is 4.79 Å². The number of esters is 1. The van der Waals surface area contributed by atoms with E-state index in [1.54, 1.807) is 4.90 Å². The van der Waals surface area contributed by atoms with E-state index in [9.17, 15) is 9.59 Å². The van der Waals surface area contributed by atoms with Crippen LogP contribution in [0.1, 0.15) is 48.0 Å². The molecule has 1 unspecified atom stereocenters. The Kier molecular flexibility index (Phi) is 12.4. The van der Waals surface area contributed by atoms with Crippen LogP contribution in [0.15, 0.2) is 28.9 Å². The number of hydrogen-bond donors (Lipinski definition) is 0. The molecular formula is C25H44N4O4. The maximum Gasteiger partial charge on any atom is 0.410 e. The number of hydrogen-bond acceptors (Lipinski definition) is 7. The molecule has 0 spiro atoms. The second kappa shape index (κ2) is 14.2. The van der Waals surface area contributed by atoms with E-state index in [4.69, 9.17) is 9.47 Å². The topological polar surface area (TPSA) is 74.7 Å². The molecule has 0 aromatic carbocycles. The second-order valence-electron chi connectivity index (χ2n) is 9.43. The fraction of sp³-hybridized carbons (Fsp3) is 0.720. The average Bonchev–Trinajstić information content (AvgIpc) is 2.73. The molecule has 1 amide bonds. The molecule has 1 atom stereocenters. The van der Waals surface area contributed by atoms with Crippen molar-refractivity contribution in [2.24, 2.45) is 10.9 Å². The summed E-state index contributed by atoms with van der Waals surface area (Å²) in [7, 11) is 3.47. The van der Waals surface area contributed by atoms with Crippen LogP contribution < -0.4 is 0 Å². The minimum absolute atomic E-state index is 0.219. The Morgan fingerprint density at radius 2 is 1.79 bits per heavy atom. The Balaban J connectivity index is 3.02. The number of ether oxygens (including phenoxy) is 2. The van der Waals surface area contributed by atoms with Gasteiger partial charge in [-0.15, -0.1) is 0 Å². The van der Waals surface area contributed by atoms with Crippen molar-refractivity contribution in [3.8, 4) is 0 Å². The van der Waals surface area contributed by atoms with Gasteiger partial charge in [-0.1, -0.05) is 32.1 Å². The van der Waals surface area contributed by atoms with Crippen LogP contribution >= 0.6 is 0 Å². The molecule has 0 saturated carbocycles. The zero-order chi connectivity index (χ0) is 25.0. The number of allylic oxidation sites excluding steroid dienone is 3. The molecule has 0 aromatic rings. The van der Waals surface area contributed by atoms with Gasteiger partial charge in [0.1, 0.15) is 11.3 Å². The van der Waals surface area contributed by atoms with Crippen molar-refractivity contribution in [2.45, 2.75) is 53.6 Å². The van der Waals surface area contributed by atoms with E-state index in [-0.39, 0.29) is 12.0 Å². The predicted octanol–water partition coefficient (Wildman–Crippen LogP) is 3.59. The first-order valence-electron chi connectivity index (χ1n) is 11.9. The first-order chi connectivity index (χ1) is 15.5. The first-order valence-corrected chi connectivity index (χ1v) is 11.9. The molecule has 188 valence electrons. The van der Waals surface area contributed by atoms with Gasteiger partial charge in [-0.05, 0) is 47.2 Å². The van der Waals surface area contributed by atoms with E-state index < -0.39 is 11.6 Å². The Labute approximate surface area is 200 Å². The lowest BCUT2D eigenvalue weighted by Gasteiger charge is -2.30. The molecule has 1 aliphatic rings. The SMILES string of the molecule is CCN(C)CCN(CCN(CC)C(=O)OC(C)(C)C)CC1=CC(C)C=CCC(C(=O)OC)=N1. The predicted molar refractivity (Wildman–Crippen MR) is 134 cm³/mol. The maximum absolute atomic E-state index is 12.6. The van der Waals surface area contributed by atoms with Crippen LogP contribution in [-0.2, 0) is 14.3 Å². The molecule has 0 aliphatic carbocycles. The largest absolute Gasteiger partial charge is 0.465 e. The second-order valence-corrected chi connectivity index (χ2v) is 9.43. The van der Waals surface area contributed by atoms with E-state index in [1.165, 1.54) is 7.11 Å². The van der Waals surface area contributed by atoms with E-state index in [1.807, 2.05) is 33.8 Å². The van der Waals surface area contributed by atoms with Crippen LogP contribution in [0.5, 0.6) is 0 Å². The molecule has 0 aromatic heterocycles. The van der Waals surface area contributed by atoms with Crippen LogP contribution in [0.25, 0.3) is 0 Å². The van der Waals surface area contributed by atoms with Gasteiger partial charge < -0.3 is 19.3 Å². The molecule has 0 radical (unpaired) electrons. The van der Waals surface area contributed by atoms with Crippen LogP contribution in [-0.4, -0.2) is 98.0 Å². The van der Waals surface area contributed by atoms with Gasteiger partial charge in [0.15, 0.2) is 0 Å². The van der Waals surface area contributed by atoms with Gasteiger partial charge >= 0.3 is 12.1 Å². The van der Waals surface area contributed by atoms with Crippen molar-refractivity contribution in [2.75, 3.05) is 60.0 Å². The lowest BCUT2D eigenvalue weighted by molar-refractivity contribution is -0.132. The molecule has 33 heavy (non-hydrogen) atoms. The standard InChI is InChI=1S/C25H44N4O4/c1-9-27(7)14-15-28(16-17-29(10-2)24(31)33-25(4,5)6)19-21-18-20(3)12-11-13-22(26-21)23(30)32-8/h11-12,18,20H,9-10,13-17,19H2,1-8H3. The Morgan fingerprint density at radius 3 is 2.36 bits per heavy atom. The number of aliphatic imine (C=N–C) groups is 1. The molecule has 0 bridgehead atoms. The van der Waals surface area contributed by atoms with Gasteiger partial charge in [-0.25, -0.2) is 14.6 Å². The smallest absolute Gasteiger partial charge is 0.410 e. The van der Waals surface area contributed by atoms with Crippen LogP contribution in [0.2, 0.25) is 0 Å². The molecule has 0 N–H and O–H groups in total. The highest BCUT2D eigenvalue weighted by atomic mass is 16.6. The van der Waals surface area contributed by atoms with Crippen LogP contribution in [0.3, 0.4) is 0 Å². The minimum atomic E-state index is -0.527. The highest BCUT2D eigenvalue weighted by Gasteiger charge is 2.22. The summed E-state index contributed by atoms with van der Waals surface area (Å²) in [5.41, 5.74) is 0.716. The summed E-state index contributed by atoms with van der Waals surface area (Å²) in [6, 6.07) is 0. The van der Waals surface area contributed by atoms with E-state index in [0.717, 1.165) is 25.3 Å². The van der Waals surface area contributed by atoms with E-state index >= 15 is 0 Å². The van der Waals surface area contributed by atoms with Gasteiger partial charge in [0.2, 0.25) is 0 Å². The van der Waals surface area contributed by atoms with Gasteiger partial charge in [0, 0.05) is 45.7 Å². The highest BCUT2D eigenvalue weighted by molar-refractivity contribution is 6.37. The zero-order valence-electron chi connectivity index (χ0n) is 21.9. The summed E-state index contributed by atoms with van der Waals surface area (Å²) in [5.74, 6) is -0.184. The molecule has 1 rings (SSSR count). The lowest BCUT2D eigenvalue weighted by atomic mass is 10.1. The number of nitrogens with zero attached hydrogens (tertiary/aromatic N) is 4. The normalized spacial score (nSPS) is 16.7.